The zero-order valence-corrected chi connectivity index (χ0v) is 14.8. The van der Waals surface area contributed by atoms with Gasteiger partial charge in [-0.2, -0.15) is 0 Å². The third kappa shape index (κ3) is 4.67. The van der Waals surface area contributed by atoms with Crippen LogP contribution in [-0.2, 0) is 25.7 Å². The van der Waals surface area contributed by atoms with E-state index in [1.807, 2.05) is 5.43 Å². The van der Waals surface area contributed by atoms with Crippen LogP contribution >= 0.6 is 0 Å². The summed E-state index contributed by atoms with van der Waals surface area (Å²) >= 11 is 0. The van der Waals surface area contributed by atoms with Gasteiger partial charge in [-0.25, -0.2) is 0 Å². The minimum Gasteiger partial charge on any atom is -0.491 e. The van der Waals surface area contributed by atoms with Crippen molar-refractivity contribution in [2.24, 2.45) is 0 Å². The molecule has 10 nitrogen and oxygen atoms in total. The van der Waals surface area contributed by atoms with Crippen LogP contribution in [0.1, 0.15) is 12.2 Å². The van der Waals surface area contributed by atoms with Gasteiger partial charge in [0.15, 0.2) is 0 Å². The average Bonchev–Trinajstić information content (AvgIpc) is 3.17. The Morgan fingerprint density at radius 1 is 1.04 bits per heavy atom. The van der Waals surface area contributed by atoms with Gasteiger partial charge < -0.3 is 14.5 Å². The lowest BCUT2D eigenvalue weighted by Gasteiger charge is -2.21. The summed E-state index contributed by atoms with van der Waals surface area (Å²) in [5, 5.41) is 2.34. The lowest BCUT2D eigenvalue weighted by Crippen LogP contribution is -2.51. The Kier molecular flexibility index (Phi) is 5.90. The molecule has 3 rings (SSSR count). The van der Waals surface area contributed by atoms with Crippen LogP contribution in [0.5, 0.6) is 5.75 Å². The van der Waals surface area contributed by atoms with Gasteiger partial charge in [0, 0.05) is 0 Å². The predicted molar refractivity (Wildman–Crippen MR) is 95.7 cm³/mol. The lowest BCUT2D eigenvalue weighted by molar-refractivity contribution is -0.141. The van der Waals surface area contributed by atoms with Crippen LogP contribution in [0.15, 0.2) is 47.1 Å². The van der Waals surface area contributed by atoms with Crippen molar-refractivity contribution < 1.29 is 28.3 Å². The molecule has 0 bridgehead atoms. The topological polar surface area (TPSA) is 130 Å². The van der Waals surface area contributed by atoms with Crippen molar-refractivity contribution in [3.05, 3.63) is 48.4 Å². The Balaban J connectivity index is 1.51. The highest BCUT2D eigenvalue weighted by molar-refractivity contribution is 6.35. The normalized spacial score (nSPS) is 13.0. The first-order valence-corrected chi connectivity index (χ1v) is 8.46. The molecule has 0 spiro atoms. The smallest absolute Gasteiger partial charge is 0.327 e. The highest BCUT2D eigenvalue weighted by Gasteiger charge is 2.25. The molecule has 0 unspecified atom stereocenters. The molecule has 1 aromatic carbocycles. The van der Waals surface area contributed by atoms with Crippen molar-refractivity contribution in [1.29, 1.82) is 0 Å². The molecule has 0 atom stereocenters. The molecule has 0 fully saturated rings. The van der Waals surface area contributed by atoms with Crippen molar-refractivity contribution in [2.75, 3.05) is 18.1 Å². The Hall–Kier alpha value is -3.82. The molecule has 0 saturated heterocycles. The Labute approximate surface area is 159 Å². The molecule has 0 saturated carbocycles. The largest absolute Gasteiger partial charge is 0.491 e. The number of hydrogen-bond donors (Lipinski definition) is 3. The first-order chi connectivity index (χ1) is 13.5. The summed E-state index contributed by atoms with van der Waals surface area (Å²) in [5.41, 5.74) is 4.58. The molecule has 1 aromatic heterocycles. The van der Waals surface area contributed by atoms with Crippen LogP contribution in [0.4, 0.5) is 5.69 Å². The quantitative estimate of drug-likeness (QED) is 0.495. The van der Waals surface area contributed by atoms with E-state index in [-0.39, 0.29) is 32.0 Å². The lowest BCUT2D eigenvalue weighted by atomic mass is 10.2. The van der Waals surface area contributed by atoms with Crippen LogP contribution < -0.4 is 25.8 Å². The van der Waals surface area contributed by atoms with Gasteiger partial charge in [0.05, 0.1) is 31.5 Å². The maximum Gasteiger partial charge on any atom is 0.327 e. The number of rotatable bonds is 4. The van der Waals surface area contributed by atoms with E-state index >= 15 is 0 Å². The first-order valence-electron chi connectivity index (χ1n) is 8.46. The summed E-state index contributed by atoms with van der Waals surface area (Å²) in [6, 6.07) is 10.1. The van der Waals surface area contributed by atoms with E-state index in [0.29, 0.717) is 17.2 Å². The monoisotopic (exact) mass is 386 g/mol. The molecule has 2 heterocycles. The minimum atomic E-state index is -1.05. The molecule has 1 aliphatic heterocycles. The van der Waals surface area contributed by atoms with Crippen LogP contribution in [0.3, 0.4) is 0 Å². The predicted octanol–water partition coefficient (Wildman–Crippen LogP) is -0.141. The molecule has 28 heavy (non-hydrogen) atoms. The van der Waals surface area contributed by atoms with Crippen molar-refractivity contribution in [1.82, 2.24) is 16.2 Å². The molecule has 0 aliphatic carbocycles. The molecule has 4 amide bonds. The van der Waals surface area contributed by atoms with Gasteiger partial charge in [0.2, 0.25) is 5.91 Å². The number of hydrogen-bond acceptors (Lipinski definition) is 6. The minimum absolute atomic E-state index is 0.0340. The number of nitrogens with zero attached hydrogens (tertiary/aromatic N) is 1. The van der Waals surface area contributed by atoms with E-state index in [4.69, 9.17) is 9.15 Å². The molecule has 2 aromatic rings. The van der Waals surface area contributed by atoms with Crippen LogP contribution in [0.25, 0.3) is 0 Å². The van der Waals surface area contributed by atoms with E-state index in [2.05, 4.69) is 10.7 Å². The standard InChI is InChI=1S/C18H18N4O6/c23-15(20-21-18(26)17(25)19-10-12-4-3-8-27-12)11-22-13-5-1-2-6-14(13)28-9-7-16(22)24/h1-6,8H,7,9-11H2,(H,19,25)(H,20,23)(H,21,26). The number of carbonyl (C=O) groups is 4. The number of ether oxygens (including phenoxy) is 1. The number of carbonyl (C=O) groups excluding carboxylic acids is 4. The summed E-state index contributed by atoms with van der Waals surface area (Å²) in [6.07, 6.45) is 1.55. The van der Waals surface area contributed by atoms with Crippen LogP contribution in [-0.4, -0.2) is 36.8 Å². The Bertz CT molecular complexity index is 880. The summed E-state index contributed by atoms with van der Waals surface area (Å²) in [7, 11) is 0. The summed E-state index contributed by atoms with van der Waals surface area (Å²) in [4.78, 5) is 49.1. The maximum absolute atomic E-state index is 12.3. The molecule has 3 N–H and O–H groups in total. The number of furan rings is 1. The van der Waals surface area contributed by atoms with Crippen molar-refractivity contribution in [2.45, 2.75) is 13.0 Å². The number of nitrogens with one attached hydrogen (secondary N) is 3. The van der Waals surface area contributed by atoms with E-state index in [9.17, 15) is 19.2 Å². The molecule has 10 heteroatoms. The zero-order chi connectivity index (χ0) is 19.9. The van der Waals surface area contributed by atoms with Gasteiger partial charge in [0.25, 0.3) is 5.91 Å². The Morgan fingerprint density at radius 2 is 1.86 bits per heavy atom. The molecule has 146 valence electrons. The van der Waals surface area contributed by atoms with E-state index in [0.717, 1.165) is 0 Å². The highest BCUT2D eigenvalue weighted by atomic mass is 16.5. The van der Waals surface area contributed by atoms with E-state index in [1.54, 1.807) is 36.4 Å². The van der Waals surface area contributed by atoms with Gasteiger partial charge in [0.1, 0.15) is 18.1 Å². The molecule has 1 aliphatic rings. The summed E-state index contributed by atoms with van der Waals surface area (Å²) in [5.74, 6) is -1.99. The second-order valence-corrected chi connectivity index (χ2v) is 5.81. The van der Waals surface area contributed by atoms with Crippen molar-refractivity contribution >= 4 is 29.3 Å². The number of benzene rings is 1. The third-order valence-electron chi connectivity index (χ3n) is 3.86. The van der Waals surface area contributed by atoms with Gasteiger partial charge in [-0.3, -0.25) is 34.9 Å². The number of amides is 4. The van der Waals surface area contributed by atoms with Gasteiger partial charge in [-0.15, -0.1) is 0 Å². The number of fused-ring (bicyclic) bond motifs is 1. The first kappa shape index (κ1) is 19.0. The fraction of sp³-hybridized carbons (Fsp3) is 0.222. The third-order valence-corrected chi connectivity index (χ3v) is 3.86. The summed E-state index contributed by atoms with van der Waals surface area (Å²) < 4.78 is 10.5. The zero-order valence-electron chi connectivity index (χ0n) is 14.8. The van der Waals surface area contributed by atoms with Crippen LogP contribution in [0, 0.1) is 0 Å². The fourth-order valence-electron chi connectivity index (χ4n) is 2.52. The van der Waals surface area contributed by atoms with Crippen molar-refractivity contribution in [3.8, 4) is 5.75 Å². The fourth-order valence-corrected chi connectivity index (χ4v) is 2.52. The van der Waals surface area contributed by atoms with Gasteiger partial charge in [-0.05, 0) is 24.3 Å². The molecule has 0 radical (unpaired) electrons. The SMILES string of the molecule is O=C(CN1C(=O)CCOc2ccccc21)NNC(=O)C(=O)NCc1ccco1. The highest BCUT2D eigenvalue weighted by Crippen LogP contribution is 2.30. The second-order valence-electron chi connectivity index (χ2n) is 5.81. The van der Waals surface area contributed by atoms with Gasteiger partial charge in [-0.1, -0.05) is 12.1 Å². The van der Waals surface area contributed by atoms with E-state index in [1.165, 1.54) is 11.2 Å². The molecular formula is C18H18N4O6. The summed E-state index contributed by atoms with van der Waals surface area (Å²) in [6.45, 7) is -0.0969. The van der Waals surface area contributed by atoms with Crippen molar-refractivity contribution in [3.63, 3.8) is 0 Å². The number of para-hydroxylation sites is 2. The van der Waals surface area contributed by atoms with E-state index < -0.39 is 17.7 Å². The number of hydrazine groups is 1. The Morgan fingerprint density at radius 3 is 2.64 bits per heavy atom. The molecular weight excluding hydrogens is 368 g/mol. The number of anilines is 1. The average molecular weight is 386 g/mol. The van der Waals surface area contributed by atoms with Crippen LogP contribution in [0.2, 0.25) is 0 Å². The second kappa shape index (κ2) is 8.71. The maximum atomic E-state index is 12.3. The van der Waals surface area contributed by atoms with Gasteiger partial charge >= 0.3 is 11.8 Å².